The number of nitrogens with one attached hydrogen (secondary N) is 1. The van der Waals surface area contributed by atoms with Gasteiger partial charge >= 0.3 is 5.97 Å². The number of rotatable bonds is 3. The first-order valence-corrected chi connectivity index (χ1v) is 6.94. The van der Waals surface area contributed by atoms with Gasteiger partial charge in [0.1, 0.15) is 0 Å². The number of hydrogen-bond acceptors (Lipinski definition) is 2. The van der Waals surface area contributed by atoms with Crippen LogP contribution in [0.15, 0.2) is 42.5 Å². The van der Waals surface area contributed by atoms with Crippen molar-refractivity contribution < 1.29 is 14.7 Å². The molecule has 2 N–H and O–H groups in total. The van der Waals surface area contributed by atoms with E-state index in [4.69, 9.17) is 5.11 Å². The number of benzene rings is 2. The molecule has 21 heavy (non-hydrogen) atoms. The lowest BCUT2D eigenvalue weighted by molar-refractivity contribution is -0.140. The van der Waals surface area contributed by atoms with Gasteiger partial charge < -0.3 is 10.4 Å². The van der Waals surface area contributed by atoms with Crippen LogP contribution in [-0.4, -0.2) is 17.0 Å². The predicted molar refractivity (Wildman–Crippen MR) is 81.0 cm³/mol. The van der Waals surface area contributed by atoms with Crippen LogP contribution in [0.4, 0.5) is 5.69 Å². The van der Waals surface area contributed by atoms with E-state index in [1.165, 1.54) is 0 Å². The van der Waals surface area contributed by atoms with Crippen LogP contribution in [0.5, 0.6) is 0 Å². The van der Waals surface area contributed by atoms with Gasteiger partial charge in [0.25, 0.3) is 0 Å². The fraction of sp³-hybridized carbons (Fsp3) is 0.294. The topological polar surface area (TPSA) is 66.4 Å². The zero-order chi connectivity index (χ0) is 15.2. The molecular weight excluding hydrogens is 266 g/mol. The molecule has 1 saturated carbocycles. The molecule has 0 unspecified atom stereocenters. The summed E-state index contributed by atoms with van der Waals surface area (Å²) in [4.78, 5) is 23.4. The normalized spacial score (nSPS) is 22.8. The van der Waals surface area contributed by atoms with Gasteiger partial charge in [-0.3, -0.25) is 9.59 Å². The van der Waals surface area contributed by atoms with E-state index in [2.05, 4.69) is 5.32 Å². The Morgan fingerprint density at radius 2 is 1.71 bits per heavy atom. The first-order valence-electron chi connectivity index (χ1n) is 6.94. The van der Waals surface area contributed by atoms with Crippen molar-refractivity contribution >= 4 is 28.3 Å². The zero-order valence-electron chi connectivity index (χ0n) is 12.0. The summed E-state index contributed by atoms with van der Waals surface area (Å²) in [5, 5.41) is 14.1. The second-order valence-electron chi connectivity index (χ2n) is 6.17. The van der Waals surface area contributed by atoms with Crippen LogP contribution in [0.3, 0.4) is 0 Å². The number of carbonyl (C=O) groups is 2. The van der Waals surface area contributed by atoms with E-state index in [-0.39, 0.29) is 5.91 Å². The number of carbonyl (C=O) groups excluding carboxylic acids is 1. The largest absolute Gasteiger partial charge is 0.481 e. The third kappa shape index (κ3) is 2.27. The standard InChI is InChI=1S/C17H17NO3/c1-17(2)13(14(17)16(20)21)15(19)18-12-8-7-10-5-3-4-6-11(10)9-12/h3-9,13-14H,1-2H3,(H,18,19)(H,20,21)/t13-,14+/m1/s1. The lowest BCUT2D eigenvalue weighted by atomic mass is 10.1. The summed E-state index contributed by atoms with van der Waals surface area (Å²) >= 11 is 0. The predicted octanol–water partition coefficient (Wildman–Crippen LogP) is 3.14. The van der Waals surface area contributed by atoms with Crippen LogP contribution < -0.4 is 5.32 Å². The number of anilines is 1. The summed E-state index contributed by atoms with van der Waals surface area (Å²) in [5.41, 5.74) is 0.220. The van der Waals surface area contributed by atoms with Crippen molar-refractivity contribution in [2.45, 2.75) is 13.8 Å². The highest BCUT2D eigenvalue weighted by molar-refractivity contribution is 6.01. The first kappa shape index (κ1) is 13.6. The van der Waals surface area contributed by atoms with Crippen LogP contribution in [-0.2, 0) is 9.59 Å². The summed E-state index contributed by atoms with van der Waals surface area (Å²) in [6.07, 6.45) is 0. The third-order valence-corrected chi connectivity index (χ3v) is 4.39. The Kier molecular flexibility index (Phi) is 2.97. The molecule has 1 fully saturated rings. The Balaban J connectivity index is 1.80. The molecule has 3 rings (SSSR count). The van der Waals surface area contributed by atoms with Crippen molar-refractivity contribution in [3.05, 3.63) is 42.5 Å². The Bertz CT molecular complexity index is 736. The van der Waals surface area contributed by atoms with Crippen LogP contribution in [0.25, 0.3) is 10.8 Å². The Morgan fingerprint density at radius 1 is 1.05 bits per heavy atom. The number of carboxylic acid groups (broad SMARTS) is 1. The molecule has 2 aromatic carbocycles. The molecule has 1 aliphatic rings. The van der Waals surface area contributed by atoms with Gasteiger partial charge in [0.05, 0.1) is 11.8 Å². The van der Waals surface area contributed by atoms with Crippen molar-refractivity contribution in [2.24, 2.45) is 17.3 Å². The lowest BCUT2D eigenvalue weighted by Crippen LogP contribution is -2.17. The van der Waals surface area contributed by atoms with Gasteiger partial charge in [-0.25, -0.2) is 0 Å². The van der Waals surface area contributed by atoms with E-state index in [1.807, 2.05) is 56.3 Å². The highest BCUT2D eigenvalue weighted by atomic mass is 16.4. The Morgan fingerprint density at radius 3 is 2.33 bits per heavy atom. The summed E-state index contributed by atoms with van der Waals surface area (Å²) in [6, 6.07) is 13.6. The van der Waals surface area contributed by atoms with E-state index in [9.17, 15) is 9.59 Å². The number of hydrogen-bond donors (Lipinski definition) is 2. The molecule has 2 aromatic rings. The van der Waals surface area contributed by atoms with Gasteiger partial charge in [-0.15, -0.1) is 0 Å². The Hall–Kier alpha value is -2.36. The summed E-state index contributed by atoms with van der Waals surface area (Å²) in [6.45, 7) is 3.63. The fourth-order valence-corrected chi connectivity index (χ4v) is 3.08. The third-order valence-electron chi connectivity index (χ3n) is 4.39. The van der Waals surface area contributed by atoms with Crippen molar-refractivity contribution in [1.82, 2.24) is 0 Å². The number of fused-ring (bicyclic) bond motifs is 1. The molecule has 4 nitrogen and oxygen atoms in total. The van der Waals surface area contributed by atoms with Crippen molar-refractivity contribution in [2.75, 3.05) is 5.32 Å². The summed E-state index contributed by atoms with van der Waals surface area (Å²) < 4.78 is 0. The average Bonchev–Trinajstić information content (AvgIpc) is 3.02. The average molecular weight is 283 g/mol. The lowest BCUT2D eigenvalue weighted by Gasteiger charge is -2.07. The number of aliphatic carboxylic acids is 1. The van der Waals surface area contributed by atoms with Gasteiger partial charge in [-0.2, -0.15) is 0 Å². The van der Waals surface area contributed by atoms with Crippen molar-refractivity contribution in [3.8, 4) is 0 Å². The smallest absolute Gasteiger partial charge is 0.307 e. The molecule has 0 radical (unpaired) electrons. The number of amides is 1. The van der Waals surface area contributed by atoms with E-state index < -0.39 is 23.2 Å². The van der Waals surface area contributed by atoms with Crippen LogP contribution in [0.1, 0.15) is 13.8 Å². The molecule has 0 aliphatic heterocycles. The minimum absolute atomic E-state index is 0.220. The first-order chi connectivity index (χ1) is 9.91. The monoisotopic (exact) mass is 283 g/mol. The summed E-state index contributed by atoms with van der Waals surface area (Å²) in [5.74, 6) is -2.19. The number of carboxylic acids is 1. The molecule has 0 aromatic heterocycles. The molecule has 0 bridgehead atoms. The Labute approximate surface area is 122 Å². The molecule has 0 saturated heterocycles. The van der Waals surface area contributed by atoms with Gasteiger partial charge in [0.2, 0.25) is 5.91 Å². The van der Waals surface area contributed by atoms with E-state index in [1.54, 1.807) is 0 Å². The maximum atomic E-state index is 12.3. The van der Waals surface area contributed by atoms with Crippen molar-refractivity contribution in [1.29, 1.82) is 0 Å². The van der Waals surface area contributed by atoms with Crippen LogP contribution >= 0.6 is 0 Å². The van der Waals surface area contributed by atoms with E-state index in [0.717, 1.165) is 10.8 Å². The maximum absolute atomic E-state index is 12.3. The van der Waals surface area contributed by atoms with Gasteiger partial charge in [-0.1, -0.05) is 44.2 Å². The minimum atomic E-state index is -0.904. The molecule has 0 heterocycles. The van der Waals surface area contributed by atoms with Crippen LogP contribution in [0, 0.1) is 17.3 Å². The molecule has 1 aliphatic carbocycles. The van der Waals surface area contributed by atoms with Gasteiger partial charge in [-0.05, 0) is 28.3 Å². The van der Waals surface area contributed by atoms with Gasteiger partial charge in [0.15, 0.2) is 0 Å². The molecule has 108 valence electrons. The highest BCUT2D eigenvalue weighted by Gasteiger charge is 2.65. The highest BCUT2D eigenvalue weighted by Crippen LogP contribution is 2.58. The molecular formula is C17H17NO3. The minimum Gasteiger partial charge on any atom is -0.481 e. The molecule has 4 heteroatoms. The van der Waals surface area contributed by atoms with E-state index in [0.29, 0.717) is 5.69 Å². The molecule has 2 atom stereocenters. The maximum Gasteiger partial charge on any atom is 0.307 e. The second-order valence-corrected chi connectivity index (χ2v) is 6.17. The van der Waals surface area contributed by atoms with Gasteiger partial charge in [0, 0.05) is 5.69 Å². The molecule has 1 amide bonds. The SMILES string of the molecule is CC1(C)[C@H](C(=O)O)[C@@H]1C(=O)Nc1ccc2ccccc2c1. The quantitative estimate of drug-likeness (QED) is 0.909. The summed E-state index contributed by atoms with van der Waals surface area (Å²) in [7, 11) is 0. The fourth-order valence-electron chi connectivity index (χ4n) is 3.08. The van der Waals surface area contributed by atoms with Crippen molar-refractivity contribution in [3.63, 3.8) is 0 Å². The van der Waals surface area contributed by atoms with E-state index >= 15 is 0 Å². The second kappa shape index (κ2) is 4.58. The zero-order valence-corrected chi connectivity index (χ0v) is 12.0. The molecule has 0 spiro atoms. The van der Waals surface area contributed by atoms with Crippen LogP contribution in [0.2, 0.25) is 0 Å².